The zero-order valence-corrected chi connectivity index (χ0v) is 9.87. The summed E-state index contributed by atoms with van der Waals surface area (Å²) in [5.74, 6) is 0.824. The van der Waals surface area contributed by atoms with Crippen molar-refractivity contribution in [3.8, 4) is 0 Å². The molecule has 1 rings (SSSR count). The van der Waals surface area contributed by atoms with E-state index in [4.69, 9.17) is 0 Å². The van der Waals surface area contributed by atoms with E-state index in [0.29, 0.717) is 0 Å². The highest BCUT2D eigenvalue weighted by atomic mass is 14.8. The van der Waals surface area contributed by atoms with Gasteiger partial charge in [-0.3, -0.25) is 4.98 Å². The van der Waals surface area contributed by atoms with Gasteiger partial charge in [0, 0.05) is 12.4 Å². The van der Waals surface area contributed by atoms with Crippen molar-refractivity contribution in [1.29, 1.82) is 0 Å². The highest BCUT2D eigenvalue weighted by molar-refractivity contribution is 5.08. The summed E-state index contributed by atoms with van der Waals surface area (Å²) < 4.78 is 0. The van der Waals surface area contributed by atoms with Crippen molar-refractivity contribution < 1.29 is 0 Å². The first-order valence-electron chi connectivity index (χ1n) is 5.88. The molecule has 0 fully saturated rings. The number of hydrogen-bond donors (Lipinski definition) is 1. The van der Waals surface area contributed by atoms with Crippen molar-refractivity contribution in [1.82, 2.24) is 10.3 Å². The Morgan fingerprint density at radius 1 is 1.33 bits per heavy atom. The lowest BCUT2D eigenvalue weighted by Crippen LogP contribution is -2.18. The predicted molar refractivity (Wildman–Crippen MR) is 64.9 cm³/mol. The molecule has 0 amide bonds. The molecular formula is C13H22N2. The molecule has 0 aliphatic rings. The Balaban J connectivity index is 1.98. The third-order valence-electron chi connectivity index (χ3n) is 2.45. The van der Waals surface area contributed by atoms with E-state index in [2.05, 4.69) is 30.2 Å². The fraction of sp³-hybridized carbons (Fsp3) is 0.615. The molecule has 0 aliphatic heterocycles. The van der Waals surface area contributed by atoms with Crippen LogP contribution < -0.4 is 5.32 Å². The van der Waals surface area contributed by atoms with E-state index in [-0.39, 0.29) is 0 Å². The minimum absolute atomic E-state index is 0.824. The van der Waals surface area contributed by atoms with Crippen LogP contribution in [0.25, 0.3) is 0 Å². The molecule has 1 aromatic rings. The second-order valence-electron chi connectivity index (χ2n) is 4.40. The Morgan fingerprint density at radius 2 is 2.20 bits per heavy atom. The summed E-state index contributed by atoms with van der Waals surface area (Å²) in [7, 11) is 0. The summed E-state index contributed by atoms with van der Waals surface area (Å²) in [5.41, 5.74) is 1.31. The van der Waals surface area contributed by atoms with Gasteiger partial charge >= 0.3 is 0 Å². The number of aromatic nitrogens is 1. The monoisotopic (exact) mass is 206 g/mol. The van der Waals surface area contributed by atoms with Gasteiger partial charge in [-0.2, -0.15) is 0 Å². The Hall–Kier alpha value is -0.890. The van der Waals surface area contributed by atoms with Gasteiger partial charge in [-0.05, 0) is 49.9 Å². The minimum atomic E-state index is 0.824. The van der Waals surface area contributed by atoms with E-state index in [1.165, 1.54) is 18.4 Å². The summed E-state index contributed by atoms with van der Waals surface area (Å²) in [4.78, 5) is 4.10. The second kappa shape index (κ2) is 7.41. The van der Waals surface area contributed by atoms with Crippen LogP contribution >= 0.6 is 0 Å². The highest BCUT2D eigenvalue weighted by Gasteiger charge is 1.94. The fourth-order valence-electron chi connectivity index (χ4n) is 1.54. The van der Waals surface area contributed by atoms with E-state index in [9.17, 15) is 0 Å². The number of nitrogens with zero attached hydrogens (tertiary/aromatic N) is 1. The highest BCUT2D eigenvalue weighted by Crippen LogP contribution is 2.01. The molecule has 1 heterocycles. The maximum absolute atomic E-state index is 4.10. The maximum atomic E-state index is 4.10. The molecule has 0 aromatic carbocycles. The standard InChI is InChI=1S/C13H22N2/c1-12(2)5-3-8-14-10-7-13-6-4-9-15-11-13/h4,6,9,11-12,14H,3,5,7-8,10H2,1-2H3. The average molecular weight is 206 g/mol. The van der Waals surface area contributed by atoms with Crippen LogP contribution in [0.3, 0.4) is 0 Å². The Kier molecular flexibility index (Phi) is 6.02. The van der Waals surface area contributed by atoms with Gasteiger partial charge < -0.3 is 5.32 Å². The van der Waals surface area contributed by atoms with Crippen LogP contribution in [0.1, 0.15) is 32.3 Å². The van der Waals surface area contributed by atoms with Crippen molar-refractivity contribution in [2.75, 3.05) is 13.1 Å². The number of nitrogens with one attached hydrogen (secondary N) is 1. The Morgan fingerprint density at radius 3 is 2.87 bits per heavy atom. The molecular weight excluding hydrogens is 184 g/mol. The average Bonchev–Trinajstić information content (AvgIpc) is 2.24. The van der Waals surface area contributed by atoms with Gasteiger partial charge in [0.2, 0.25) is 0 Å². The predicted octanol–water partition coefficient (Wildman–Crippen LogP) is 2.65. The summed E-state index contributed by atoms with van der Waals surface area (Å²) in [6, 6.07) is 4.12. The number of rotatable bonds is 7. The lowest BCUT2D eigenvalue weighted by molar-refractivity contribution is 0.528. The fourth-order valence-corrected chi connectivity index (χ4v) is 1.54. The smallest absolute Gasteiger partial charge is 0.0300 e. The molecule has 0 saturated carbocycles. The SMILES string of the molecule is CC(C)CCCNCCc1cccnc1. The molecule has 0 unspecified atom stereocenters. The lowest BCUT2D eigenvalue weighted by atomic mass is 10.1. The minimum Gasteiger partial charge on any atom is -0.316 e. The Bertz CT molecular complexity index is 244. The largest absolute Gasteiger partial charge is 0.316 e. The zero-order chi connectivity index (χ0) is 10.9. The molecule has 0 radical (unpaired) electrons. The number of pyridine rings is 1. The lowest BCUT2D eigenvalue weighted by Gasteiger charge is -2.06. The molecule has 1 N–H and O–H groups in total. The second-order valence-corrected chi connectivity index (χ2v) is 4.40. The van der Waals surface area contributed by atoms with Crippen LogP contribution in [-0.2, 0) is 6.42 Å². The Labute approximate surface area is 93.1 Å². The molecule has 2 heteroatoms. The molecule has 84 valence electrons. The first kappa shape index (κ1) is 12.2. The molecule has 0 aliphatic carbocycles. The summed E-state index contributed by atoms with van der Waals surface area (Å²) >= 11 is 0. The van der Waals surface area contributed by atoms with Gasteiger partial charge in [-0.15, -0.1) is 0 Å². The molecule has 2 nitrogen and oxygen atoms in total. The summed E-state index contributed by atoms with van der Waals surface area (Å²) in [6.45, 7) is 6.74. The van der Waals surface area contributed by atoms with Crippen LogP contribution in [0.15, 0.2) is 24.5 Å². The first-order chi connectivity index (χ1) is 7.29. The van der Waals surface area contributed by atoms with Gasteiger partial charge in [-0.25, -0.2) is 0 Å². The zero-order valence-electron chi connectivity index (χ0n) is 9.87. The van der Waals surface area contributed by atoms with Gasteiger partial charge in [0.15, 0.2) is 0 Å². The van der Waals surface area contributed by atoms with E-state index in [0.717, 1.165) is 25.4 Å². The molecule has 0 atom stereocenters. The van der Waals surface area contributed by atoms with Crippen molar-refractivity contribution in [3.05, 3.63) is 30.1 Å². The van der Waals surface area contributed by atoms with Gasteiger partial charge in [0.1, 0.15) is 0 Å². The topological polar surface area (TPSA) is 24.9 Å². The maximum Gasteiger partial charge on any atom is 0.0300 e. The van der Waals surface area contributed by atoms with Gasteiger partial charge in [0.05, 0.1) is 0 Å². The van der Waals surface area contributed by atoms with Crippen LogP contribution in [0.2, 0.25) is 0 Å². The molecule has 0 bridgehead atoms. The quantitative estimate of drug-likeness (QED) is 0.694. The molecule has 0 saturated heterocycles. The normalized spacial score (nSPS) is 10.9. The van der Waals surface area contributed by atoms with Gasteiger partial charge in [-0.1, -0.05) is 19.9 Å². The van der Waals surface area contributed by atoms with Crippen LogP contribution in [0.4, 0.5) is 0 Å². The first-order valence-corrected chi connectivity index (χ1v) is 5.88. The molecule has 1 aromatic heterocycles. The van der Waals surface area contributed by atoms with Gasteiger partial charge in [0.25, 0.3) is 0 Å². The summed E-state index contributed by atoms with van der Waals surface area (Å²) in [5, 5.41) is 3.46. The molecule has 0 spiro atoms. The van der Waals surface area contributed by atoms with Crippen molar-refractivity contribution >= 4 is 0 Å². The van der Waals surface area contributed by atoms with Crippen molar-refractivity contribution in [2.45, 2.75) is 33.1 Å². The third kappa shape index (κ3) is 6.24. The van der Waals surface area contributed by atoms with Crippen LogP contribution in [0.5, 0.6) is 0 Å². The molecule has 15 heavy (non-hydrogen) atoms. The van der Waals surface area contributed by atoms with E-state index in [1.54, 1.807) is 0 Å². The van der Waals surface area contributed by atoms with E-state index >= 15 is 0 Å². The van der Waals surface area contributed by atoms with E-state index in [1.807, 2.05) is 18.5 Å². The van der Waals surface area contributed by atoms with Crippen molar-refractivity contribution in [3.63, 3.8) is 0 Å². The van der Waals surface area contributed by atoms with Crippen LogP contribution in [0, 0.1) is 5.92 Å². The summed E-state index contributed by atoms with van der Waals surface area (Å²) in [6.07, 6.45) is 7.44. The third-order valence-corrected chi connectivity index (χ3v) is 2.45. The van der Waals surface area contributed by atoms with E-state index < -0.39 is 0 Å². The van der Waals surface area contributed by atoms with Crippen LogP contribution in [-0.4, -0.2) is 18.1 Å². The number of hydrogen-bond acceptors (Lipinski definition) is 2. The van der Waals surface area contributed by atoms with Crippen molar-refractivity contribution in [2.24, 2.45) is 5.92 Å².